The fourth-order valence-electron chi connectivity index (χ4n) is 2.40. The van der Waals surface area contributed by atoms with Crippen molar-refractivity contribution in [3.05, 3.63) is 29.3 Å². The smallest absolute Gasteiger partial charge is 0.335 e. The van der Waals surface area contributed by atoms with E-state index in [0.717, 1.165) is 18.4 Å². The molecule has 0 spiro atoms. The summed E-state index contributed by atoms with van der Waals surface area (Å²) in [7, 11) is 1.65. The Morgan fingerprint density at radius 2 is 2.19 bits per heavy atom. The van der Waals surface area contributed by atoms with Crippen LogP contribution in [0.1, 0.15) is 28.8 Å². The number of carbonyl (C=O) groups excluding carboxylic acids is 1. The van der Waals surface area contributed by atoms with Crippen LogP contribution in [0.4, 0.5) is 10.5 Å². The number of rotatable bonds is 3. The van der Waals surface area contributed by atoms with Gasteiger partial charge in [0.05, 0.1) is 11.7 Å². The number of likely N-dealkylation sites (tertiary alicyclic amines) is 1. The number of anilines is 1. The maximum absolute atomic E-state index is 12.3. The zero-order valence-electron chi connectivity index (χ0n) is 12.3. The van der Waals surface area contributed by atoms with Gasteiger partial charge in [0.2, 0.25) is 0 Å². The summed E-state index contributed by atoms with van der Waals surface area (Å²) in [5, 5.41) is 11.8. The lowest BCUT2D eigenvalue weighted by molar-refractivity contribution is 0.0458. The van der Waals surface area contributed by atoms with Gasteiger partial charge < -0.3 is 20.1 Å². The Labute approximate surface area is 123 Å². The third-order valence-electron chi connectivity index (χ3n) is 3.72. The molecule has 2 amide bonds. The van der Waals surface area contributed by atoms with Gasteiger partial charge in [-0.1, -0.05) is 6.07 Å². The van der Waals surface area contributed by atoms with Gasteiger partial charge in [0.1, 0.15) is 0 Å². The number of piperidine rings is 1. The Balaban J connectivity index is 2.08. The van der Waals surface area contributed by atoms with Gasteiger partial charge in [-0.25, -0.2) is 9.59 Å². The lowest BCUT2D eigenvalue weighted by Gasteiger charge is -2.32. The molecule has 21 heavy (non-hydrogen) atoms. The van der Waals surface area contributed by atoms with E-state index >= 15 is 0 Å². The van der Waals surface area contributed by atoms with E-state index in [1.165, 1.54) is 12.1 Å². The number of aryl methyl sites for hydroxylation is 1. The molecule has 2 rings (SSSR count). The van der Waals surface area contributed by atoms with E-state index in [4.69, 9.17) is 9.84 Å². The van der Waals surface area contributed by atoms with Gasteiger partial charge in [-0.2, -0.15) is 0 Å². The quantitative estimate of drug-likeness (QED) is 0.896. The van der Waals surface area contributed by atoms with Crippen molar-refractivity contribution in [2.24, 2.45) is 0 Å². The summed E-state index contributed by atoms with van der Waals surface area (Å²) in [5.41, 5.74) is 1.51. The molecular weight excluding hydrogens is 272 g/mol. The summed E-state index contributed by atoms with van der Waals surface area (Å²) >= 11 is 0. The molecule has 0 radical (unpaired) electrons. The highest BCUT2D eigenvalue weighted by Gasteiger charge is 2.23. The first-order chi connectivity index (χ1) is 10.0. The predicted molar refractivity (Wildman–Crippen MR) is 78.8 cm³/mol. The van der Waals surface area contributed by atoms with E-state index in [1.54, 1.807) is 18.1 Å². The lowest BCUT2D eigenvalue weighted by atomic mass is 10.1. The number of aromatic carboxylic acids is 1. The number of benzene rings is 1. The summed E-state index contributed by atoms with van der Waals surface area (Å²) in [6.07, 6.45) is 1.92. The molecule has 1 heterocycles. The van der Waals surface area contributed by atoms with Crippen LogP contribution in [0.2, 0.25) is 0 Å². The van der Waals surface area contributed by atoms with Crippen LogP contribution in [-0.2, 0) is 4.74 Å². The van der Waals surface area contributed by atoms with Gasteiger partial charge in [-0.15, -0.1) is 0 Å². The summed E-state index contributed by atoms with van der Waals surface area (Å²) in [6, 6.07) is 4.47. The summed E-state index contributed by atoms with van der Waals surface area (Å²) in [5.74, 6) is -1.01. The molecule has 2 N–H and O–H groups in total. The second-order valence-corrected chi connectivity index (χ2v) is 5.21. The molecule has 1 fully saturated rings. The topological polar surface area (TPSA) is 78.9 Å². The van der Waals surface area contributed by atoms with Crippen LogP contribution in [0.3, 0.4) is 0 Å². The van der Waals surface area contributed by atoms with Crippen molar-refractivity contribution in [1.29, 1.82) is 0 Å². The van der Waals surface area contributed by atoms with E-state index < -0.39 is 5.97 Å². The zero-order chi connectivity index (χ0) is 15.4. The Bertz CT molecular complexity index is 544. The first-order valence-electron chi connectivity index (χ1n) is 6.94. The highest BCUT2D eigenvalue weighted by Crippen LogP contribution is 2.19. The van der Waals surface area contributed by atoms with E-state index in [-0.39, 0.29) is 17.7 Å². The normalized spacial score (nSPS) is 18.4. The maximum Gasteiger partial charge on any atom is 0.335 e. The van der Waals surface area contributed by atoms with Crippen molar-refractivity contribution in [3.8, 4) is 0 Å². The molecule has 0 aliphatic carbocycles. The molecule has 6 heteroatoms. The van der Waals surface area contributed by atoms with Crippen LogP contribution in [0.15, 0.2) is 18.2 Å². The molecule has 1 saturated heterocycles. The van der Waals surface area contributed by atoms with Gasteiger partial charge in [0, 0.05) is 25.9 Å². The number of nitrogens with zero attached hydrogens (tertiary/aromatic N) is 1. The van der Waals surface area contributed by atoms with Crippen LogP contribution in [0, 0.1) is 6.92 Å². The van der Waals surface area contributed by atoms with Crippen LogP contribution in [0.25, 0.3) is 0 Å². The zero-order valence-corrected chi connectivity index (χ0v) is 12.3. The molecule has 0 bridgehead atoms. The number of carboxylic acids is 1. The van der Waals surface area contributed by atoms with Crippen molar-refractivity contribution < 1.29 is 19.4 Å². The summed E-state index contributed by atoms with van der Waals surface area (Å²) < 4.78 is 5.30. The standard InChI is InChI=1S/C15H20N2O4/c1-10-5-6-11(14(18)19)8-13(10)16-15(20)17-7-3-4-12(9-17)21-2/h5-6,8,12H,3-4,7,9H2,1-2H3,(H,16,20)(H,18,19). The first-order valence-corrected chi connectivity index (χ1v) is 6.94. The molecule has 0 aromatic heterocycles. The maximum atomic E-state index is 12.3. The summed E-state index contributed by atoms with van der Waals surface area (Å²) in [4.78, 5) is 25.0. The second-order valence-electron chi connectivity index (χ2n) is 5.21. The summed E-state index contributed by atoms with van der Waals surface area (Å²) in [6.45, 7) is 3.07. The van der Waals surface area contributed by atoms with Crippen LogP contribution < -0.4 is 5.32 Å². The number of nitrogens with one attached hydrogen (secondary N) is 1. The molecule has 1 aromatic rings. The Morgan fingerprint density at radius 1 is 1.43 bits per heavy atom. The predicted octanol–water partition coefficient (Wildman–Crippen LogP) is 2.34. The van der Waals surface area contributed by atoms with Gasteiger partial charge in [-0.3, -0.25) is 0 Å². The minimum Gasteiger partial charge on any atom is -0.478 e. The molecule has 1 aliphatic heterocycles. The molecule has 1 unspecified atom stereocenters. The molecule has 6 nitrogen and oxygen atoms in total. The Kier molecular flexibility index (Phi) is 4.80. The Morgan fingerprint density at radius 3 is 2.86 bits per heavy atom. The van der Waals surface area contributed by atoms with Crippen molar-refractivity contribution >= 4 is 17.7 Å². The number of ether oxygens (including phenoxy) is 1. The van der Waals surface area contributed by atoms with Crippen LogP contribution >= 0.6 is 0 Å². The number of hydrogen-bond donors (Lipinski definition) is 2. The number of amides is 2. The van der Waals surface area contributed by atoms with E-state index in [0.29, 0.717) is 18.8 Å². The van der Waals surface area contributed by atoms with Gasteiger partial charge in [0.25, 0.3) is 0 Å². The van der Waals surface area contributed by atoms with Crippen LogP contribution in [0.5, 0.6) is 0 Å². The van der Waals surface area contributed by atoms with Crippen molar-refractivity contribution in [1.82, 2.24) is 4.90 Å². The number of hydrogen-bond acceptors (Lipinski definition) is 3. The highest BCUT2D eigenvalue weighted by atomic mass is 16.5. The molecule has 1 aromatic carbocycles. The third kappa shape index (κ3) is 3.72. The van der Waals surface area contributed by atoms with E-state index in [2.05, 4.69) is 5.32 Å². The number of carbonyl (C=O) groups is 2. The Hall–Kier alpha value is -2.08. The SMILES string of the molecule is COC1CCCN(C(=O)Nc2cc(C(=O)O)ccc2C)C1. The number of methoxy groups -OCH3 is 1. The molecule has 1 aliphatic rings. The first kappa shape index (κ1) is 15.3. The monoisotopic (exact) mass is 292 g/mol. The van der Waals surface area contributed by atoms with Gasteiger partial charge >= 0.3 is 12.0 Å². The molecule has 114 valence electrons. The largest absolute Gasteiger partial charge is 0.478 e. The molecule has 0 saturated carbocycles. The van der Waals surface area contributed by atoms with Gasteiger partial charge in [0.15, 0.2) is 0 Å². The van der Waals surface area contributed by atoms with Crippen molar-refractivity contribution in [2.75, 3.05) is 25.5 Å². The van der Waals surface area contributed by atoms with Gasteiger partial charge in [-0.05, 0) is 37.5 Å². The number of urea groups is 1. The van der Waals surface area contributed by atoms with Crippen molar-refractivity contribution in [2.45, 2.75) is 25.9 Å². The average Bonchev–Trinajstić information content (AvgIpc) is 2.49. The third-order valence-corrected chi connectivity index (χ3v) is 3.72. The van der Waals surface area contributed by atoms with Crippen molar-refractivity contribution in [3.63, 3.8) is 0 Å². The average molecular weight is 292 g/mol. The van der Waals surface area contributed by atoms with Crippen LogP contribution in [-0.4, -0.2) is 48.3 Å². The minimum atomic E-state index is -1.01. The highest BCUT2D eigenvalue weighted by molar-refractivity contribution is 5.94. The fourth-order valence-corrected chi connectivity index (χ4v) is 2.40. The lowest BCUT2D eigenvalue weighted by Crippen LogP contribution is -2.45. The van der Waals surface area contributed by atoms with E-state index in [9.17, 15) is 9.59 Å². The number of carboxylic acid groups (broad SMARTS) is 1. The second kappa shape index (κ2) is 6.58. The molecular formula is C15H20N2O4. The molecule has 1 atom stereocenters. The minimum absolute atomic E-state index is 0.0657. The van der Waals surface area contributed by atoms with E-state index in [1.807, 2.05) is 6.92 Å². The fraction of sp³-hybridized carbons (Fsp3) is 0.467.